The summed E-state index contributed by atoms with van der Waals surface area (Å²) < 4.78 is 31.3. The van der Waals surface area contributed by atoms with Gasteiger partial charge in [-0.05, 0) is 56.2 Å². The van der Waals surface area contributed by atoms with E-state index in [9.17, 15) is 9.18 Å². The number of aryl methyl sites for hydroxylation is 1. The van der Waals surface area contributed by atoms with Gasteiger partial charge < -0.3 is 13.9 Å². The van der Waals surface area contributed by atoms with Crippen LogP contribution in [-0.2, 0) is 22.4 Å². The highest BCUT2D eigenvalue weighted by Gasteiger charge is 2.25. The van der Waals surface area contributed by atoms with Gasteiger partial charge in [0.05, 0.1) is 24.8 Å². The van der Waals surface area contributed by atoms with Gasteiger partial charge in [-0.2, -0.15) is 0 Å². The van der Waals surface area contributed by atoms with Crippen LogP contribution in [0.4, 0.5) is 4.39 Å². The molecule has 0 fully saturated rings. The van der Waals surface area contributed by atoms with E-state index in [1.165, 1.54) is 6.07 Å². The molecule has 1 unspecified atom stereocenters. The zero-order valence-electron chi connectivity index (χ0n) is 19.9. The van der Waals surface area contributed by atoms with Crippen LogP contribution in [0.5, 0.6) is 5.75 Å². The molecule has 6 heteroatoms. The molecule has 5 nitrogen and oxygen atoms in total. The number of halogens is 1. The van der Waals surface area contributed by atoms with Crippen molar-refractivity contribution in [2.24, 2.45) is 0 Å². The van der Waals surface area contributed by atoms with E-state index < -0.39 is 17.7 Å². The van der Waals surface area contributed by atoms with Crippen molar-refractivity contribution in [2.75, 3.05) is 13.2 Å². The van der Waals surface area contributed by atoms with Crippen LogP contribution in [0, 0.1) is 12.7 Å². The number of benzene rings is 3. The fourth-order valence-electron chi connectivity index (χ4n) is 3.91. The first-order valence-electron chi connectivity index (χ1n) is 11.7. The summed E-state index contributed by atoms with van der Waals surface area (Å²) >= 11 is 0. The SMILES string of the molecule is CCOC(=O)C(Cc1ccc(OCCc2nc(-c3ccccc3)oc2C)cc1)c1ccccc1F. The quantitative estimate of drug-likeness (QED) is 0.253. The van der Waals surface area contributed by atoms with Gasteiger partial charge in [0.2, 0.25) is 5.89 Å². The van der Waals surface area contributed by atoms with Crippen molar-refractivity contribution < 1.29 is 23.1 Å². The zero-order valence-corrected chi connectivity index (χ0v) is 19.9. The summed E-state index contributed by atoms with van der Waals surface area (Å²) in [5, 5.41) is 0. The van der Waals surface area contributed by atoms with Crippen molar-refractivity contribution in [3.63, 3.8) is 0 Å². The van der Waals surface area contributed by atoms with Crippen molar-refractivity contribution in [3.05, 3.63) is 107 Å². The van der Waals surface area contributed by atoms with Gasteiger partial charge in [0.25, 0.3) is 0 Å². The van der Waals surface area contributed by atoms with E-state index in [0.717, 1.165) is 22.6 Å². The van der Waals surface area contributed by atoms with Crippen LogP contribution in [0.3, 0.4) is 0 Å². The van der Waals surface area contributed by atoms with Crippen LogP contribution in [-0.4, -0.2) is 24.2 Å². The van der Waals surface area contributed by atoms with E-state index in [-0.39, 0.29) is 6.61 Å². The highest BCUT2D eigenvalue weighted by atomic mass is 19.1. The van der Waals surface area contributed by atoms with E-state index in [1.807, 2.05) is 61.5 Å². The Morgan fingerprint density at radius 1 is 1.00 bits per heavy atom. The van der Waals surface area contributed by atoms with Crippen LogP contribution in [0.1, 0.15) is 35.4 Å². The Morgan fingerprint density at radius 3 is 2.43 bits per heavy atom. The molecule has 0 saturated heterocycles. The summed E-state index contributed by atoms with van der Waals surface area (Å²) in [6.07, 6.45) is 0.947. The maximum Gasteiger partial charge on any atom is 0.313 e. The Bertz CT molecular complexity index is 1250. The highest BCUT2D eigenvalue weighted by molar-refractivity contribution is 5.78. The number of hydrogen-bond acceptors (Lipinski definition) is 5. The number of aromatic nitrogens is 1. The fraction of sp³-hybridized carbons (Fsp3) is 0.241. The van der Waals surface area contributed by atoms with Crippen LogP contribution >= 0.6 is 0 Å². The lowest BCUT2D eigenvalue weighted by Crippen LogP contribution is -2.19. The maximum atomic E-state index is 14.4. The molecule has 1 atom stereocenters. The first-order chi connectivity index (χ1) is 17.0. The third-order valence-corrected chi connectivity index (χ3v) is 5.74. The molecule has 0 amide bonds. The standard InChI is InChI=1S/C29H28FNO4/c1-3-33-29(32)25(24-11-7-8-12-26(24)30)19-21-13-15-23(16-14-21)34-18-17-27-20(2)35-28(31-27)22-9-5-4-6-10-22/h4-16,25H,3,17-19H2,1-2H3. The lowest BCUT2D eigenvalue weighted by molar-refractivity contribution is -0.145. The van der Waals surface area contributed by atoms with Crippen molar-refractivity contribution in [2.45, 2.75) is 32.6 Å². The van der Waals surface area contributed by atoms with Crippen LogP contribution < -0.4 is 4.74 Å². The predicted octanol–water partition coefficient (Wildman–Crippen LogP) is 6.30. The van der Waals surface area contributed by atoms with Crippen molar-refractivity contribution in [1.82, 2.24) is 4.98 Å². The number of ether oxygens (including phenoxy) is 2. The second-order valence-corrected chi connectivity index (χ2v) is 8.16. The summed E-state index contributed by atoms with van der Waals surface area (Å²) in [5.41, 5.74) is 3.03. The third kappa shape index (κ3) is 6.15. The molecule has 4 rings (SSSR count). The molecule has 0 saturated carbocycles. The number of nitrogens with zero attached hydrogens (tertiary/aromatic N) is 1. The van der Waals surface area contributed by atoms with Gasteiger partial charge in [0.1, 0.15) is 17.3 Å². The number of esters is 1. The maximum absolute atomic E-state index is 14.4. The number of carbonyl (C=O) groups is 1. The van der Waals surface area contributed by atoms with E-state index in [4.69, 9.17) is 13.9 Å². The second-order valence-electron chi connectivity index (χ2n) is 8.16. The van der Waals surface area contributed by atoms with Gasteiger partial charge in [-0.25, -0.2) is 9.37 Å². The Morgan fingerprint density at radius 2 is 1.71 bits per heavy atom. The van der Waals surface area contributed by atoms with Crippen LogP contribution in [0.2, 0.25) is 0 Å². The molecule has 1 heterocycles. The molecule has 4 aromatic rings. The first kappa shape index (κ1) is 24.2. The second kappa shape index (κ2) is 11.5. The fourth-order valence-corrected chi connectivity index (χ4v) is 3.91. The lowest BCUT2D eigenvalue weighted by Gasteiger charge is -2.17. The largest absolute Gasteiger partial charge is 0.493 e. The minimum absolute atomic E-state index is 0.244. The summed E-state index contributed by atoms with van der Waals surface area (Å²) in [6, 6.07) is 23.6. The van der Waals surface area contributed by atoms with Gasteiger partial charge in [-0.3, -0.25) is 4.79 Å². The molecule has 0 aliphatic heterocycles. The van der Waals surface area contributed by atoms with Gasteiger partial charge in [0, 0.05) is 17.5 Å². The lowest BCUT2D eigenvalue weighted by atomic mass is 9.91. The van der Waals surface area contributed by atoms with Crippen molar-refractivity contribution in [3.8, 4) is 17.2 Å². The van der Waals surface area contributed by atoms with Crippen LogP contribution in [0.15, 0.2) is 83.3 Å². The smallest absolute Gasteiger partial charge is 0.313 e. The van der Waals surface area contributed by atoms with Crippen molar-refractivity contribution >= 4 is 5.97 Å². The van der Waals surface area contributed by atoms with E-state index in [1.54, 1.807) is 25.1 Å². The van der Waals surface area contributed by atoms with E-state index >= 15 is 0 Å². The molecule has 0 aliphatic carbocycles. The number of rotatable bonds is 10. The van der Waals surface area contributed by atoms with Gasteiger partial charge in [-0.1, -0.05) is 48.5 Å². The molecule has 3 aromatic carbocycles. The van der Waals surface area contributed by atoms with Gasteiger partial charge in [0.15, 0.2) is 0 Å². The molecule has 0 bridgehead atoms. The molecule has 1 aromatic heterocycles. The van der Waals surface area contributed by atoms with Gasteiger partial charge >= 0.3 is 5.97 Å². The topological polar surface area (TPSA) is 61.6 Å². The highest BCUT2D eigenvalue weighted by Crippen LogP contribution is 2.26. The summed E-state index contributed by atoms with van der Waals surface area (Å²) in [5.74, 6) is 0.530. The van der Waals surface area contributed by atoms with E-state index in [2.05, 4.69) is 4.98 Å². The monoisotopic (exact) mass is 473 g/mol. The van der Waals surface area contributed by atoms with Crippen LogP contribution in [0.25, 0.3) is 11.5 Å². The average molecular weight is 474 g/mol. The molecular weight excluding hydrogens is 445 g/mol. The first-order valence-corrected chi connectivity index (χ1v) is 11.7. The Balaban J connectivity index is 1.37. The Labute approximate surface area is 204 Å². The third-order valence-electron chi connectivity index (χ3n) is 5.74. The minimum Gasteiger partial charge on any atom is -0.493 e. The molecule has 0 spiro atoms. The minimum atomic E-state index is -0.711. The van der Waals surface area contributed by atoms with E-state index in [0.29, 0.717) is 36.7 Å². The molecular formula is C29H28FNO4. The molecule has 180 valence electrons. The zero-order chi connectivity index (χ0) is 24.6. The Hall–Kier alpha value is -3.93. The van der Waals surface area contributed by atoms with Crippen molar-refractivity contribution in [1.29, 1.82) is 0 Å². The summed E-state index contributed by atoms with van der Waals surface area (Å²) in [6.45, 7) is 4.33. The normalized spacial score (nSPS) is 11.7. The number of oxazole rings is 1. The Kier molecular flexibility index (Phi) is 7.93. The molecule has 0 radical (unpaired) electrons. The summed E-state index contributed by atoms with van der Waals surface area (Å²) in [7, 11) is 0. The summed E-state index contributed by atoms with van der Waals surface area (Å²) in [4.78, 5) is 17.1. The molecule has 0 aliphatic rings. The molecule has 0 N–H and O–H groups in total. The van der Waals surface area contributed by atoms with Gasteiger partial charge in [-0.15, -0.1) is 0 Å². The number of hydrogen-bond donors (Lipinski definition) is 0. The predicted molar refractivity (Wildman–Crippen MR) is 132 cm³/mol. The average Bonchev–Trinajstić information content (AvgIpc) is 3.25. The number of carbonyl (C=O) groups excluding carboxylic acids is 1. The molecule has 35 heavy (non-hydrogen) atoms.